The molecule has 0 aliphatic rings. The molecule has 0 bridgehead atoms. The molecule has 1 rings (SSSR count). The van der Waals surface area contributed by atoms with Crippen LogP contribution in [0.4, 0.5) is 13.2 Å². The second kappa shape index (κ2) is 6.47. The van der Waals surface area contributed by atoms with Crippen LogP contribution in [0.2, 0.25) is 0 Å². The standard InChI is InChI=1S/C12H16F3N3O2/c1-18(2)5-6-20-10-4-3-8(11(16)17-19)7-9(10)12(13,14)15/h3-4,7,19H,5-6H2,1-2H3,(H2,16,17). The summed E-state index contributed by atoms with van der Waals surface area (Å²) in [4.78, 5) is 1.79. The van der Waals surface area contributed by atoms with Gasteiger partial charge >= 0.3 is 6.18 Å². The third kappa shape index (κ3) is 4.30. The summed E-state index contributed by atoms with van der Waals surface area (Å²) in [6.45, 7) is 0.609. The Kier molecular flexibility index (Phi) is 5.20. The van der Waals surface area contributed by atoms with Crippen molar-refractivity contribution in [2.45, 2.75) is 6.18 Å². The van der Waals surface area contributed by atoms with Gasteiger partial charge in [0.1, 0.15) is 12.4 Å². The highest BCUT2D eigenvalue weighted by Gasteiger charge is 2.35. The summed E-state index contributed by atoms with van der Waals surface area (Å²) >= 11 is 0. The highest BCUT2D eigenvalue weighted by Crippen LogP contribution is 2.36. The van der Waals surface area contributed by atoms with Crippen LogP contribution in [0.25, 0.3) is 0 Å². The minimum absolute atomic E-state index is 0.0280. The van der Waals surface area contributed by atoms with Crippen molar-refractivity contribution in [1.82, 2.24) is 4.90 Å². The summed E-state index contributed by atoms with van der Waals surface area (Å²) < 4.78 is 44.0. The Hall–Kier alpha value is -1.96. The second-order valence-corrected chi connectivity index (χ2v) is 4.35. The van der Waals surface area contributed by atoms with E-state index in [9.17, 15) is 13.2 Å². The first kappa shape index (κ1) is 16.1. The SMILES string of the molecule is CN(C)CCOc1ccc(/C(N)=N/O)cc1C(F)(F)F. The van der Waals surface area contributed by atoms with Gasteiger partial charge in [-0.3, -0.25) is 0 Å². The quantitative estimate of drug-likeness (QED) is 0.375. The van der Waals surface area contributed by atoms with Crippen molar-refractivity contribution in [3.8, 4) is 5.75 Å². The average Bonchev–Trinajstić information content (AvgIpc) is 2.36. The molecular weight excluding hydrogens is 275 g/mol. The minimum Gasteiger partial charge on any atom is -0.492 e. The van der Waals surface area contributed by atoms with Gasteiger partial charge in [-0.05, 0) is 32.3 Å². The van der Waals surface area contributed by atoms with Crippen molar-refractivity contribution in [2.75, 3.05) is 27.2 Å². The Labute approximate surface area is 114 Å². The molecule has 0 aliphatic carbocycles. The molecule has 0 saturated heterocycles. The van der Waals surface area contributed by atoms with Crippen LogP contribution >= 0.6 is 0 Å². The fourth-order valence-electron chi connectivity index (χ4n) is 1.43. The van der Waals surface area contributed by atoms with E-state index in [1.54, 1.807) is 19.0 Å². The number of amidine groups is 1. The molecule has 0 aliphatic heterocycles. The van der Waals surface area contributed by atoms with Gasteiger partial charge < -0.3 is 20.6 Å². The molecule has 0 heterocycles. The van der Waals surface area contributed by atoms with Crippen molar-refractivity contribution in [1.29, 1.82) is 0 Å². The number of likely N-dealkylation sites (N-methyl/N-ethyl adjacent to an activating group) is 1. The molecule has 1 aromatic rings. The molecule has 0 spiro atoms. The maximum atomic E-state index is 12.9. The third-order valence-corrected chi connectivity index (χ3v) is 2.48. The molecule has 0 amide bonds. The molecule has 8 heteroatoms. The summed E-state index contributed by atoms with van der Waals surface area (Å²) in [5, 5.41) is 11.2. The Bertz CT molecular complexity index is 487. The van der Waals surface area contributed by atoms with Crippen LogP contribution in [0.5, 0.6) is 5.75 Å². The molecule has 0 fully saturated rings. The number of oxime groups is 1. The number of nitrogens with two attached hydrogens (primary N) is 1. The van der Waals surface area contributed by atoms with Gasteiger partial charge in [0.05, 0.1) is 5.56 Å². The topological polar surface area (TPSA) is 71.1 Å². The third-order valence-electron chi connectivity index (χ3n) is 2.48. The first-order valence-electron chi connectivity index (χ1n) is 5.72. The van der Waals surface area contributed by atoms with Crippen LogP contribution in [0.1, 0.15) is 11.1 Å². The molecule has 5 nitrogen and oxygen atoms in total. The van der Waals surface area contributed by atoms with Crippen LogP contribution < -0.4 is 10.5 Å². The lowest BCUT2D eigenvalue weighted by molar-refractivity contribution is -0.139. The van der Waals surface area contributed by atoms with E-state index in [-0.39, 0.29) is 17.9 Å². The zero-order valence-electron chi connectivity index (χ0n) is 11.1. The van der Waals surface area contributed by atoms with E-state index in [0.717, 1.165) is 12.1 Å². The molecule has 0 aromatic heterocycles. The van der Waals surface area contributed by atoms with Gasteiger partial charge in [-0.2, -0.15) is 13.2 Å². The molecule has 112 valence electrons. The van der Waals surface area contributed by atoms with Crippen LogP contribution in [0.3, 0.4) is 0 Å². The van der Waals surface area contributed by atoms with Crippen molar-refractivity contribution < 1.29 is 23.1 Å². The van der Waals surface area contributed by atoms with Crippen LogP contribution in [-0.4, -0.2) is 43.2 Å². The second-order valence-electron chi connectivity index (χ2n) is 4.35. The van der Waals surface area contributed by atoms with Gasteiger partial charge in [-0.1, -0.05) is 5.16 Å². The lowest BCUT2D eigenvalue weighted by Gasteiger charge is -2.16. The molecule has 1 aromatic carbocycles. The van der Waals surface area contributed by atoms with Gasteiger partial charge in [-0.15, -0.1) is 0 Å². The summed E-state index contributed by atoms with van der Waals surface area (Å²) in [6, 6.07) is 3.25. The number of hydrogen-bond donors (Lipinski definition) is 2. The highest BCUT2D eigenvalue weighted by molar-refractivity contribution is 5.97. The van der Waals surface area contributed by atoms with Gasteiger partial charge in [0.2, 0.25) is 0 Å². The summed E-state index contributed by atoms with van der Waals surface area (Å²) in [5.41, 5.74) is 4.30. The Morgan fingerprint density at radius 1 is 1.40 bits per heavy atom. The Morgan fingerprint density at radius 3 is 2.55 bits per heavy atom. The van der Waals surface area contributed by atoms with E-state index in [1.807, 2.05) is 0 Å². The fourth-order valence-corrected chi connectivity index (χ4v) is 1.43. The Morgan fingerprint density at radius 2 is 2.05 bits per heavy atom. The molecule has 0 unspecified atom stereocenters. The highest BCUT2D eigenvalue weighted by atomic mass is 19.4. The first-order valence-corrected chi connectivity index (χ1v) is 5.72. The number of nitrogens with zero attached hydrogens (tertiary/aromatic N) is 2. The molecule has 0 radical (unpaired) electrons. The summed E-state index contributed by atoms with van der Waals surface area (Å²) in [7, 11) is 3.57. The summed E-state index contributed by atoms with van der Waals surface area (Å²) in [5.74, 6) is -0.677. The molecule has 20 heavy (non-hydrogen) atoms. The van der Waals surface area contributed by atoms with E-state index < -0.39 is 17.6 Å². The van der Waals surface area contributed by atoms with E-state index in [4.69, 9.17) is 15.7 Å². The molecule has 0 atom stereocenters. The average molecular weight is 291 g/mol. The van der Waals surface area contributed by atoms with Gasteiger partial charge in [0.15, 0.2) is 5.84 Å². The largest absolute Gasteiger partial charge is 0.492 e. The number of rotatable bonds is 5. The predicted molar refractivity (Wildman–Crippen MR) is 68.0 cm³/mol. The van der Waals surface area contributed by atoms with Crippen LogP contribution in [0, 0.1) is 0 Å². The monoisotopic (exact) mass is 291 g/mol. The van der Waals surface area contributed by atoms with E-state index >= 15 is 0 Å². The van der Waals surface area contributed by atoms with Crippen molar-refractivity contribution >= 4 is 5.84 Å². The maximum Gasteiger partial charge on any atom is 0.419 e. The number of alkyl halides is 3. The van der Waals surface area contributed by atoms with Gasteiger partial charge in [0.25, 0.3) is 0 Å². The van der Waals surface area contributed by atoms with Crippen LogP contribution in [-0.2, 0) is 6.18 Å². The zero-order chi connectivity index (χ0) is 15.3. The molecular formula is C12H16F3N3O2. The van der Waals surface area contributed by atoms with E-state index in [1.165, 1.54) is 6.07 Å². The summed E-state index contributed by atoms with van der Waals surface area (Å²) in [6.07, 6.45) is -4.58. The van der Waals surface area contributed by atoms with Crippen LogP contribution in [0.15, 0.2) is 23.4 Å². The normalized spacial score (nSPS) is 12.8. The lowest BCUT2D eigenvalue weighted by Crippen LogP contribution is -2.21. The molecule has 3 N–H and O–H groups in total. The minimum atomic E-state index is -4.58. The van der Waals surface area contributed by atoms with E-state index in [2.05, 4.69) is 5.16 Å². The van der Waals surface area contributed by atoms with E-state index in [0.29, 0.717) is 6.54 Å². The first-order chi connectivity index (χ1) is 9.25. The number of hydrogen-bond acceptors (Lipinski definition) is 4. The number of ether oxygens (including phenoxy) is 1. The lowest BCUT2D eigenvalue weighted by atomic mass is 10.1. The van der Waals surface area contributed by atoms with Gasteiger partial charge in [0, 0.05) is 12.1 Å². The number of benzene rings is 1. The zero-order valence-corrected chi connectivity index (χ0v) is 11.1. The number of halogens is 3. The molecule has 0 saturated carbocycles. The fraction of sp³-hybridized carbons (Fsp3) is 0.417. The van der Waals surface area contributed by atoms with Crippen molar-refractivity contribution in [3.63, 3.8) is 0 Å². The Balaban J connectivity index is 3.05. The van der Waals surface area contributed by atoms with Gasteiger partial charge in [-0.25, -0.2) is 0 Å². The predicted octanol–water partition coefficient (Wildman–Crippen LogP) is 1.74. The van der Waals surface area contributed by atoms with Crippen molar-refractivity contribution in [2.24, 2.45) is 10.9 Å². The van der Waals surface area contributed by atoms with Crippen molar-refractivity contribution in [3.05, 3.63) is 29.3 Å². The maximum absolute atomic E-state index is 12.9. The smallest absolute Gasteiger partial charge is 0.419 e.